The summed E-state index contributed by atoms with van der Waals surface area (Å²) < 4.78 is 1.67. The van der Waals surface area contributed by atoms with Crippen LogP contribution >= 0.6 is 54.7 Å². The fraction of sp³-hybridized carbons (Fsp3) is 0.667. The van der Waals surface area contributed by atoms with E-state index < -0.39 is 0 Å². The van der Waals surface area contributed by atoms with Crippen molar-refractivity contribution >= 4 is 58.6 Å². The molecule has 0 aliphatic heterocycles. The maximum absolute atomic E-state index is 10.5. The smallest absolute Gasteiger partial charge is 0.270 e. The van der Waals surface area contributed by atoms with E-state index in [0.29, 0.717) is 0 Å². The Morgan fingerprint density at radius 1 is 1.88 bits per heavy atom. The molecule has 0 spiro atoms. The molecule has 0 aliphatic carbocycles. The zero-order valence-corrected chi connectivity index (χ0v) is 9.74. The maximum Gasteiger partial charge on any atom is 0.292 e. The van der Waals surface area contributed by atoms with E-state index in [-0.39, 0.29) is 9.70 Å². The first-order chi connectivity index (χ1) is 3.55. The molecule has 0 saturated heterocycles. The number of carbonyl (C=O) groups is 1. The van der Waals surface area contributed by atoms with Gasteiger partial charge in [0.25, 0.3) is 3.91 Å². The van der Waals surface area contributed by atoms with Gasteiger partial charge in [0.05, 0.1) is 28.6 Å². The highest BCUT2D eigenvalue weighted by atomic mass is 127. The molecule has 0 bridgehead atoms. The van der Waals surface area contributed by atoms with Gasteiger partial charge in [0.15, 0.2) is 0 Å². The summed E-state index contributed by atoms with van der Waals surface area (Å²) in [6.07, 6.45) is 0. The topological polar surface area (TPSA) is 20.3 Å². The lowest BCUT2D eigenvalue weighted by Crippen LogP contribution is -2.18. The first-order valence-corrected chi connectivity index (χ1v) is 4.66. The van der Waals surface area contributed by atoms with Crippen LogP contribution in [0.5, 0.6) is 0 Å². The molecule has 2 atom stereocenters. The second-order valence-electron chi connectivity index (χ2n) is 1.30. The monoisotopic (exact) mass is 357 g/mol. The summed E-state index contributed by atoms with van der Waals surface area (Å²) in [7, 11) is 2.53. The summed E-state index contributed by atoms with van der Waals surface area (Å²) in [5.41, 5.74) is 0. The molecule has 8 heavy (non-hydrogen) atoms. The number of halogens is 2. The lowest BCUT2D eigenvalue weighted by Gasteiger charge is -2.13. The van der Waals surface area contributed by atoms with Crippen LogP contribution in [0.3, 0.4) is 0 Å². The van der Waals surface area contributed by atoms with Crippen molar-refractivity contribution in [3.05, 3.63) is 0 Å². The molecular weight excluding hydrogens is 351 g/mol. The molecule has 0 rings (SSSR count). The van der Waals surface area contributed by atoms with Crippen molar-refractivity contribution in [3.63, 3.8) is 0 Å². The van der Waals surface area contributed by atoms with Gasteiger partial charge in [0, 0.05) is 22.6 Å². The summed E-state index contributed by atoms with van der Waals surface area (Å²) in [4.78, 5) is 10.5. The Kier molecular flexibility index (Phi) is 4.94. The minimum absolute atomic E-state index is 0.0608. The highest BCUT2D eigenvalue weighted by Crippen LogP contribution is 2.15. The summed E-state index contributed by atoms with van der Waals surface area (Å²) >= 11 is 3.73. The van der Waals surface area contributed by atoms with E-state index in [1.54, 1.807) is 25.7 Å². The minimum Gasteiger partial charge on any atom is -0.270 e. The Hall–Kier alpha value is 1.36. The van der Waals surface area contributed by atoms with Gasteiger partial charge in [-0.05, 0) is 6.92 Å². The fourth-order valence-electron chi connectivity index (χ4n) is 0.160. The molecule has 0 aromatic heterocycles. The SMILES string of the molecule is CC(P)N(I)C(=O)I. The van der Waals surface area contributed by atoms with E-state index >= 15 is 0 Å². The van der Waals surface area contributed by atoms with Crippen LogP contribution in [0.2, 0.25) is 0 Å². The zero-order valence-electron chi connectivity index (χ0n) is 4.27. The van der Waals surface area contributed by atoms with Crippen LogP contribution in [-0.4, -0.2) is 12.8 Å². The van der Waals surface area contributed by atoms with Crippen LogP contribution in [-0.2, 0) is 0 Å². The largest absolute Gasteiger partial charge is 0.292 e. The third kappa shape index (κ3) is 3.40. The highest BCUT2D eigenvalue weighted by Gasteiger charge is 2.08. The van der Waals surface area contributed by atoms with E-state index in [1.807, 2.05) is 29.8 Å². The molecule has 0 aromatic carbocycles. The second kappa shape index (κ2) is 4.22. The number of hydrogen-bond donors (Lipinski definition) is 0. The average Bonchev–Trinajstić information content (AvgIpc) is 1.64. The highest BCUT2D eigenvalue weighted by molar-refractivity contribution is 14.1. The van der Waals surface area contributed by atoms with Crippen LogP contribution < -0.4 is 0 Å². The molecule has 0 aromatic rings. The van der Waals surface area contributed by atoms with Crippen LogP contribution in [0.15, 0.2) is 0 Å². The maximum atomic E-state index is 10.5. The molecule has 0 radical (unpaired) electrons. The number of hydrogen-bond acceptors (Lipinski definition) is 1. The lowest BCUT2D eigenvalue weighted by molar-refractivity contribution is 0.253. The van der Waals surface area contributed by atoms with E-state index in [4.69, 9.17) is 0 Å². The van der Waals surface area contributed by atoms with Crippen molar-refractivity contribution in [1.29, 1.82) is 0 Å². The predicted octanol–water partition coefficient (Wildman–Crippen LogP) is 2.41. The van der Waals surface area contributed by atoms with Crippen LogP contribution in [0, 0.1) is 0 Å². The van der Waals surface area contributed by atoms with Gasteiger partial charge in [0.2, 0.25) is 0 Å². The van der Waals surface area contributed by atoms with E-state index in [2.05, 4.69) is 9.24 Å². The molecule has 0 fully saturated rings. The standard InChI is InChI=1S/C3H6I2NOP/c1-2(8)6(5)3(4)7/h2H,8H2,1H3. The van der Waals surface area contributed by atoms with Crippen molar-refractivity contribution in [2.24, 2.45) is 0 Å². The first kappa shape index (κ1) is 9.36. The molecule has 2 unspecified atom stereocenters. The predicted molar refractivity (Wildman–Crippen MR) is 54.4 cm³/mol. The molecule has 0 aliphatic rings. The van der Waals surface area contributed by atoms with E-state index in [0.717, 1.165) is 0 Å². The lowest BCUT2D eigenvalue weighted by atomic mass is 10.8. The molecular formula is C3H6I2NOP. The molecule has 2 nitrogen and oxygen atoms in total. The van der Waals surface area contributed by atoms with Crippen molar-refractivity contribution < 1.29 is 4.79 Å². The van der Waals surface area contributed by atoms with Gasteiger partial charge >= 0.3 is 0 Å². The Labute approximate surface area is 78.6 Å². The Balaban J connectivity index is 3.64. The summed E-state index contributed by atoms with van der Waals surface area (Å²) in [6.45, 7) is 1.94. The van der Waals surface area contributed by atoms with Gasteiger partial charge in [-0.1, -0.05) is 0 Å². The number of amides is 1. The van der Waals surface area contributed by atoms with E-state index in [1.165, 1.54) is 0 Å². The molecule has 0 saturated carbocycles. The van der Waals surface area contributed by atoms with Gasteiger partial charge in [-0.15, -0.1) is 9.24 Å². The normalized spacial score (nSPS) is 13.0. The quantitative estimate of drug-likeness (QED) is 0.232. The third-order valence-electron chi connectivity index (χ3n) is 0.526. The average molecular weight is 357 g/mol. The minimum atomic E-state index is 0.0608. The molecule has 0 N–H and O–H groups in total. The molecule has 48 valence electrons. The third-order valence-corrected chi connectivity index (χ3v) is 4.19. The Bertz CT molecular complexity index is 97.3. The zero-order chi connectivity index (χ0) is 6.73. The Morgan fingerprint density at radius 2 is 2.25 bits per heavy atom. The first-order valence-electron chi connectivity index (χ1n) is 1.95. The number of carbonyl (C=O) groups excluding carboxylic acids is 1. The molecule has 5 heteroatoms. The van der Waals surface area contributed by atoms with Gasteiger partial charge in [0.1, 0.15) is 0 Å². The van der Waals surface area contributed by atoms with Gasteiger partial charge in [-0.2, -0.15) is 0 Å². The van der Waals surface area contributed by atoms with Crippen LogP contribution in [0.1, 0.15) is 6.92 Å². The molecule has 1 amide bonds. The molecule has 0 heterocycles. The van der Waals surface area contributed by atoms with Crippen LogP contribution in [0.25, 0.3) is 0 Å². The second-order valence-corrected chi connectivity index (χ2v) is 4.23. The Morgan fingerprint density at radius 3 is 2.25 bits per heavy atom. The fourth-order valence-corrected chi connectivity index (χ4v) is 1.04. The summed E-state index contributed by atoms with van der Waals surface area (Å²) in [5.74, 6) is 0.222. The van der Waals surface area contributed by atoms with Crippen LogP contribution in [0.4, 0.5) is 4.79 Å². The number of rotatable bonds is 1. The van der Waals surface area contributed by atoms with Crippen molar-refractivity contribution in [2.45, 2.75) is 12.7 Å². The van der Waals surface area contributed by atoms with Crippen molar-refractivity contribution in [3.8, 4) is 0 Å². The van der Waals surface area contributed by atoms with E-state index in [9.17, 15) is 4.79 Å². The van der Waals surface area contributed by atoms with Gasteiger partial charge in [-0.25, -0.2) is 0 Å². The van der Waals surface area contributed by atoms with Crippen molar-refractivity contribution in [1.82, 2.24) is 3.11 Å². The summed E-state index contributed by atoms with van der Waals surface area (Å²) in [5, 5.41) is 0. The van der Waals surface area contributed by atoms with Gasteiger partial charge in [-0.3, -0.25) is 7.91 Å². The van der Waals surface area contributed by atoms with Crippen molar-refractivity contribution in [2.75, 3.05) is 0 Å². The summed E-state index contributed by atoms with van der Waals surface area (Å²) in [6, 6.07) is 0. The van der Waals surface area contributed by atoms with Gasteiger partial charge < -0.3 is 0 Å². The number of nitrogens with zero attached hydrogens (tertiary/aromatic N) is 1.